The SMILES string of the molecule is CCCCOC(=O)[C@@H]1CCCN1S(=O)(=O)c1ccc(C)cc1O. The van der Waals surface area contributed by atoms with E-state index in [1.165, 1.54) is 12.1 Å². The molecule has 0 spiro atoms. The Morgan fingerprint density at radius 1 is 1.43 bits per heavy atom. The molecule has 1 heterocycles. The Bertz CT molecular complexity index is 671. The number of phenolic OH excluding ortho intramolecular Hbond substituents is 1. The number of carbonyl (C=O) groups excluding carboxylic acids is 1. The van der Waals surface area contributed by atoms with Gasteiger partial charge < -0.3 is 9.84 Å². The van der Waals surface area contributed by atoms with Crippen LogP contribution in [-0.2, 0) is 19.6 Å². The van der Waals surface area contributed by atoms with Gasteiger partial charge in [0.15, 0.2) is 0 Å². The minimum Gasteiger partial charge on any atom is -0.507 e. The summed E-state index contributed by atoms with van der Waals surface area (Å²) in [6, 6.07) is 3.59. The first-order chi connectivity index (χ1) is 10.9. The molecular weight excluding hydrogens is 318 g/mol. The summed E-state index contributed by atoms with van der Waals surface area (Å²) in [5.74, 6) is -0.805. The van der Waals surface area contributed by atoms with E-state index in [2.05, 4.69) is 0 Å². The predicted molar refractivity (Wildman–Crippen MR) is 85.6 cm³/mol. The average molecular weight is 341 g/mol. The van der Waals surface area contributed by atoms with Crippen molar-refractivity contribution in [2.75, 3.05) is 13.2 Å². The van der Waals surface area contributed by atoms with E-state index in [9.17, 15) is 18.3 Å². The van der Waals surface area contributed by atoms with Crippen molar-refractivity contribution in [3.05, 3.63) is 23.8 Å². The molecule has 0 aromatic heterocycles. The van der Waals surface area contributed by atoms with Crippen LogP contribution in [0.15, 0.2) is 23.1 Å². The first-order valence-electron chi connectivity index (χ1n) is 7.86. The van der Waals surface area contributed by atoms with Gasteiger partial charge in [-0.15, -0.1) is 0 Å². The molecule has 0 saturated carbocycles. The number of rotatable bonds is 6. The number of sulfonamides is 1. The number of hydrogen-bond donors (Lipinski definition) is 1. The lowest BCUT2D eigenvalue weighted by atomic mass is 10.2. The summed E-state index contributed by atoms with van der Waals surface area (Å²) in [7, 11) is -3.93. The van der Waals surface area contributed by atoms with Gasteiger partial charge in [0.1, 0.15) is 16.7 Å². The number of esters is 1. The largest absolute Gasteiger partial charge is 0.507 e. The lowest BCUT2D eigenvalue weighted by Gasteiger charge is -2.23. The van der Waals surface area contributed by atoms with Gasteiger partial charge in [-0.3, -0.25) is 4.79 Å². The summed E-state index contributed by atoms with van der Waals surface area (Å²) < 4.78 is 31.9. The fourth-order valence-corrected chi connectivity index (χ4v) is 4.36. The molecule has 7 heteroatoms. The number of nitrogens with zero attached hydrogens (tertiary/aromatic N) is 1. The molecule has 0 radical (unpaired) electrons. The summed E-state index contributed by atoms with van der Waals surface area (Å²) >= 11 is 0. The quantitative estimate of drug-likeness (QED) is 0.633. The maximum Gasteiger partial charge on any atom is 0.324 e. The maximum atomic E-state index is 12.8. The van der Waals surface area contributed by atoms with Gasteiger partial charge in [0.2, 0.25) is 10.0 Å². The first-order valence-corrected chi connectivity index (χ1v) is 9.30. The van der Waals surface area contributed by atoms with Crippen molar-refractivity contribution in [2.45, 2.75) is 50.5 Å². The molecule has 1 aliphatic rings. The summed E-state index contributed by atoms with van der Waals surface area (Å²) in [5, 5.41) is 9.96. The minimum atomic E-state index is -3.93. The van der Waals surface area contributed by atoms with E-state index in [1.807, 2.05) is 6.92 Å². The Balaban J connectivity index is 2.22. The Kier molecular flexibility index (Phi) is 5.64. The molecule has 1 N–H and O–H groups in total. The van der Waals surface area contributed by atoms with Gasteiger partial charge in [-0.1, -0.05) is 19.4 Å². The van der Waals surface area contributed by atoms with Crippen LogP contribution in [0.4, 0.5) is 0 Å². The zero-order valence-corrected chi connectivity index (χ0v) is 14.3. The summed E-state index contributed by atoms with van der Waals surface area (Å²) in [5.41, 5.74) is 0.762. The number of ether oxygens (including phenoxy) is 1. The van der Waals surface area contributed by atoms with Crippen molar-refractivity contribution in [3.63, 3.8) is 0 Å². The number of hydrogen-bond acceptors (Lipinski definition) is 5. The van der Waals surface area contributed by atoms with Crippen LogP contribution in [0.25, 0.3) is 0 Å². The van der Waals surface area contributed by atoms with Gasteiger partial charge in [0.25, 0.3) is 0 Å². The standard InChI is InChI=1S/C16H23NO5S/c1-3-4-10-22-16(19)13-6-5-9-17(13)23(20,21)15-8-7-12(2)11-14(15)18/h7-8,11,13,18H,3-6,9-10H2,1-2H3/t13-/m0/s1. The van der Waals surface area contributed by atoms with E-state index in [4.69, 9.17) is 4.74 Å². The molecule has 2 rings (SSSR count). The predicted octanol–water partition coefficient (Wildman–Crippen LogP) is 2.20. The summed E-state index contributed by atoms with van der Waals surface area (Å²) in [6.45, 7) is 4.30. The Hall–Kier alpha value is -1.60. The van der Waals surface area contributed by atoms with Crippen LogP contribution in [-0.4, -0.2) is 43.0 Å². The topological polar surface area (TPSA) is 83.9 Å². The third kappa shape index (κ3) is 3.84. The van der Waals surface area contributed by atoms with E-state index >= 15 is 0 Å². The average Bonchev–Trinajstić information content (AvgIpc) is 2.97. The van der Waals surface area contributed by atoms with Gasteiger partial charge in [-0.25, -0.2) is 8.42 Å². The fourth-order valence-electron chi connectivity index (χ4n) is 2.65. The van der Waals surface area contributed by atoms with Crippen LogP contribution < -0.4 is 0 Å². The molecule has 1 atom stereocenters. The van der Waals surface area contributed by atoms with Gasteiger partial charge in [0, 0.05) is 6.54 Å². The van der Waals surface area contributed by atoms with Gasteiger partial charge in [0.05, 0.1) is 6.61 Å². The highest BCUT2D eigenvalue weighted by molar-refractivity contribution is 7.89. The number of benzene rings is 1. The van der Waals surface area contributed by atoms with E-state index in [0.717, 1.165) is 22.7 Å². The van der Waals surface area contributed by atoms with E-state index in [1.54, 1.807) is 13.0 Å². The Labute approximate surface area is 137 Å². The third-order valence-corrected chi connectivity index (χ3v) is 5.87. The molecule has 1 aromatic rings. The number of unbranched alkanes of at least 4 members (excludes halogenated alkanes) is 1. The van der Waals surface area contributed by atoms with Crippen LogP contribution >= 0.6 is 0 Å². The monoisotopic (exact) mass is 341 g/mol. The molecule has 0 aliphatic carbocycles. The van der Waals surface area contributed by atoms with E-state index < -0.39 is 22.0 Å². The second kappa shape index (κ2) is 7.31. The smallest absolute Gasteiger partial charge is 0.324 e. The van der Waals surface area contributed by atoms with Crippen molar-refractivity contribution in [3.8, 4) is 5.75 Å². The zero-order chi connectivity index (χ0) is 17.0. The van der Waals surface area contributed by atoms with E-state index in [0.29, 0.717) is 19.4 Å². The molecule has 6 nitrogen and oxygen atoms in total. The van der Waals surface area contributed by atoms with Gasteiger partial charge in [-0.05, 0) is 43.9 Å². The Morgan fingerprint density at radius 3 is 2.83 bits per heavy atom. The maximum absolute atomic E-state index is 12.8. The van der Waals surface area contributed by atoms with Crippen molar-refractivity contribution in [2.24, 2.45) is 0 Å². The van der Waals surface area contributed by atoms with Crippen molar-refractivity contribution >= 4 is 16.0 Å². The second-order valence-electron chi connectivity index (χ2n) is 5.77. The van der Waals surface area contributed by atoms with Crippen molar-refractivity contribution in [1.82, 2.24) is 4.31 Å². The fraction of sp³-hybridized carbons (Fsp3) is 0.562. The number of aromatic hydroxyl groups is 1. The summed E-state index contributed by atoms with van der Waals surface area (Å²) in [6.07, 6.45) is 2.69. The molecule has 0 unspecified atom stereocenters. The molecule has 0 bridgehead atoms. The van der Waals surface area contributed by atoms with Crippen LogP contribution in [0.2, 0.25) is 0 Å². The minimum absolute atomic E-state index is 0.170. The molecule has 1 fully saturated rings. The molecular formula is C16H23NO5S. The molecule has 0 amide bonds. The van der Waals surface area contributed by atoms with Crippen LogP contribution in [0.1, 0.15) is 38.2 Å². The van der Waals surface area contributed by atoms with Crippen LogP contribution in [0.5, 0.6) is 5.75 Å². The Morgan fingerprint density at radius 2 is 2.17 bits per heavy atom. The highest BCUT2D eigenvalue weighted by Gasteiger charge is 2.41. The van der Waals surface area contributed by atoms with Crippen LogP contribution in [0, 0.1) is 6.92 Å². The third-order valence-electron chi connectivity index (χ3n) is 3.92. The number of carbonyl (C=O) groups is 1. The van der Waals surface area contributed by atoms with Gasteiger partial charge in [-0.2, -0.15) is 4.31 Å². The van der Waals surface area contributed by atoms with Crippen LogP contribution in [0.3, 0.4) is 0 Å². The molecule has 1 saturated heterocycles. The molecule has 1 aliphatic heterocycles. The number of aryl methyl sites for hydroxylation is 1. The zero-order valence-electron chi connectivity index (χ0n) is 13.5. The van der Waals surface area contributed by atoms with Crippen molar-refractivity contribution in [1.29, 1.82) is 0 Å². The lowest BCUT2D eigenvalue weighted by Crippen LogP contribution is -2.41. The normalized spacial score (nSPS) is 19.0. The molecule has 1 aromatic carbocycles. The number of phenols is 1. The lowest BCUT2D eigenvalue weighted by molar-refractivity contribution is -0.147. The van der Waals surface area contributed by atoms with Gasteiger partial charge >= 0.3 is 5.97 Å². The summed E-state index contributed by atoms with van der Waals surface area (Å²) in [4.78, 5) is 12.0. The molecule has 128 valence electrons. The first kappa shape index (κ1) is 17.7. The molecule has 23 heavy (non-hydrogen) atoms. The highest BCUT2D eigenvalue weighted by atomic mass is 32.2. The van der Waals surface area contributed by atoms with Crippen molar-refractivity contribution < 1.29 is 23.1 Å². The second-order valence-corrected chi connectivity index (χ2v) is 7.62. The highest BCUT2D eigenvalue weighted by Crippen LogP contribution is 2.31. The van der Waals surface area contributed by atoms with E-state index in [-0.39, 0.29) is 17.2 Å².